The standard InChI is InChI=1S/C28H39N4O2P/c1-5-23(19-25(35)18-22(4)21(3)10-7-6-8-16-29)30-27(33)26-11-9-17-32(26)28(34)31-24-14-12-20(2)13-15-24/h5-8,10,12-16,18,22,26H,9,11,17,19,29,35H2,1-4H3,(H,30,33)(H,31,34)/b7-6-,16-8+,21-10+,23-5+,25-18+. The molecular formula is C28H39N4O2P. The van der Waals surface area contributed by atoms with Gasteiger partial charge in [-0.25, -0.2) is 4.79 Å². The van der Waals surface area contributed by atoms with Crippen LogP contribution < -0.4 is 16.4 Å². The van der Waals surface area contributed by atoms with Crippen molar-refractivity contribution in [3.05, 3.63) is 89.1 Å². The molecule has 1 aliphatic heterocycles. The lowest BCUT2D eigenvalue weighted by atomic mass is 10.0. The van der Waals surface area contributed by atoms with Gasteiger partial charge in [-0.3, -0.25) is 4.79 Å². The third-order valence-electron chi connectivity index (χ3n) is 6.02. The number of likely N-dealkylation sites (tertiary alicyclic amines) is 1. The number of benzene rings is 1. The quantitative estimate of drug-likeness (QED) is 0.301. The molecule has 35 heavy (non-hydrogen) atoms. The minimum absolute atomic E-state index is 0.144. The zero-order valence-corrected chi connectivity index (χ0v) is 22.4. The fourth-order valence-corrected chi connectivity index (χ4v) is 4.30. The Morgan fingerprint density at radius 2 is 1.94 bits per heavy atom. The van der Waals surface area contributed by atoms with Crippen molar-refractivity contribution in [3.63, 3.8) is 0 Å². The van der Waals surface area contributed by atoms with Gasteiger partial charge in [0.2, 0.25) is 5.91 Å². The first kappa shape index (κ1) is 28.1. The number of anilines is 1. The van der Waals surface area contributed by atoms with E-state index in [2.05, 4.69) is 45.9 Å². The smallest absolute Gasteiger partial charge is 0.322 e. The van der Waals surface area contributed by atoms with Crippen LogP contribution >= 0.6 is 9.24 Å². The maximum Gasteiger partial charge on any atom is 0.322 e. The van der Waals surface area contributed by atoms with Gasteiger partial charge >= 0.3 is 6.03 Å². The largest absolute Gasteiger partial charge is 0.405 e. The Morgan fingerprint density at radius 1 is 1.23 bits per heavy atom. The molecule has 7 heteroatoms. The number of carbonyl (C=O) groups excluding carboxylic acids is 2. The van der Waals surface area contributed by atoms with Crippen molar-refractivity contribution in [2.45, 2.75) is 53.0 Å². The third kappa shape index (κ3) is 9.22. The third-order valence-corrected chi connectivity index (χ3v) is 6.42. The highest BCUT2D eigenvalue weighted by Gasteiger charge is 2.34. The van der Waals surface area contributed by atoms with Crippen molar-refractivity contribution >= 4 is 26.9 Å². The van der Waals surface area contributed by atoms with Gasteiger partial charge in [-0.15, -0.1) is 9.24 Å². The van der Waals surface area contributed by atoms with Gasteiger partial charge < -0.3 is 21.3 Å². The van der Waals surface area contributed by atoms with Crippen molar-refractivity contribution in [2.75, 3.05) is 11.9 Å². The fourth-order valence-electron chi connectivity index (χ4n) is 3.79. The summed E-state index contributed by atoms with van der Waals surface area (Å²) >= 11 is 0. The topological polar surface area (TPSA) is 87.5 Å². The highest BCUT2D eigenvalue weighted by Crippen LogP contribution is 2.24. The fraction of sp³-hybridized carbons (Fsp3) is 0.357. The average molecular weight is 495 g/mol. The van der Waals surface area contributed by atoms with Crippen LogP contribution in [0.5, 0.6) is 0 Å². The maximum atomic E-state index is 13.1. The van der Waals surface area contributed by atoms with Crippen LogP contribution in [0.15, 0.2) is 83.5 Å². The summed E-state index contributed by atoms with van der Waals surface area (Å²) in [5, 5.41) is 7.04. The van der Waals surface area contributed by atoms with E-state index < -0.39 is 6.04 Å². The summed E-state index contributed by atoms with van der Waals surface area (Å²) in [6, 6.07) is 6.91. The number of rotatable bonds is 9. The Kier molecular flexibility index (Phi) is 11.5. The van der Waals surface area contributed by atoms with Crippen LogP contribution in [0.1, 0.15) is 45.6 Å². The number of hydrogen-bond acceptors (Lipinski definition) is 3. The van der Waals surface area contributed by atoms with E-state index in [0.29, 0.717) is 19.4 Å². The summed E-state index contributed by atoms with van der Waals surface area (Å²) < 4.78 is 0. The number of amides is 3. The van der Waals surface area contributed by atoms with Crippen molar-refractivity contribution in [3.8, 4) is 0 Å². The van der Waals surface area contributed by atoms with Crippen LogP contribution in [0.4, 0.5) is 10.5 Å². The van der Waals surface area contributed by atoms with E-state index in [9.17, 15) is 9.59 Å². The molecule has 4 N–H and O–H groups in total. The summed E-state index contributed by atoms with van der Waals surface area (Å²) in [5.41, 5.74) is 9.24. The molecule has 0 aromatic heterocycles. The number of urea groups is 1. The van der Waals surface area contributed by atoms with Crippen LogP contribution in [0.3, 0.4) is 0 Å². The predicted molar refractivity (Wildman–Crippen MR) is 150 cm³/mol. The number of nitrogens with two attached hydrogens (primary N) is 1. The Bertz CT molecular complexity index is 1020. The molecular weight excluding hydrogens is 455 g/mol. The second-order valence-electron chi connectivity index (χ2n) is 8.84. The second-order valence-corrected chi connectivity index (χ2v) is 9.58. The lowest BCUT2D eigenvalue weighted by Gasteiger charge is -2.25. The molecule has 0 radical (unpaired) electrons. The van der Waals surface area contributed by atoms with Crippen LogP contribution in [-0.4, -0.2) is 29.4 Å². The van der Waals surface area contributed by atoms with Crippen molar-refractivity contribution < 1.29 is 9.59 Å². The number of hydrogen-bond donors (Lipinski definition) is 3. The number of nitrogens with one attached hydrogen (secondary N) is 2. The number of nitrogens with zero attached hydrogens (tertiary/aromatic N) is 1. The normalized spacial score (nSPS) is 18.4. The van der Waals surface area contributed by atoms with E-state index in [-0.39, 0.29) is 17.9 Å². The molecule has 0 aliphatic carbocycles. The Labute approximate surface area is 212 Å². The SMILES string of the molecule is C/C=C(\C/C(P)=C\C(C)/C(C)=C/C=C\C=C\N)NC(=O)C1CCCN1C(=O)Nc1ccc(C)cc1. The van der Waals surface area contributed by atoms with E-state index >= 15 is 0 Å². The van der Waals surface area contributed by atoms with Gasteiger partial charge in [0.15, 0.2) is 0 Å². The van der Waals surface area contributed by atoms with Crippen LogP contribution in [0.25, 0.3) is 0 Å². The maximum absolute atomic E-state index is 13.1. The molecule has 1 saturated heterocycles. The molecule has 0 saturated carbocycles. The highest BCUT2D eigenvalue weighted by atomic mass is 31.0. The predicted octanol–water partition coefficient (Wildman–Crippen LogP) is 5.77. The Morgan fingerprint density at radius 3 is 2.60 bits per heavy atom. The molecule has 1 aliphatic rings. The zero-order chi connectivity index (χ0) is 25.8. The molecule has 1 fully saturated rings. The Hall–Kier alpha value is -3.11. The molecule has 3 amide bonds. The Balaban J connectivity index is 1.97. The van der Waals surface area contributed by atoms with Gasteiger partial charge in [0, 0.05) is 24.4 Å². The van der Waals surface area contributed by atoms with Gasteiger partial charge in [0.05, 0.1) is 0 Å². The van der Waals surface area contributed by atoms with E-state index in [1.54, 1.807) is 11.0 Å². The summed E-state index contributed by atoms with van der Waals surface area (Å²) in [6.07, 6.45) is 15.4. The van der Waals surface area contributed by atoms with Gasteiger partial charge in [0.25, 0.3) is 0 Å². The van der Waals surface area contributed by atoms with Gasteiger partial charge in [-0.05, 0) is 69.3 Å². The first-order valence-corrected chi connectivity index (χ1v) is 12.6. The highest BCUT2D eigenvalue weighted by molar-refractivity contribution is 7.22. The monoisotopic (exact) mass is 494 g/mol. The zero-order valence-electron chi connectivity index (χ0n) is 21.3. The summed E-state index contributed by atoms with van der Waals surface area (Å²) in [6.45, 7) is 8.70. The van der Waals surface area contributed by atoms with Crippen molar-refractivity contribution in [2.24, 2.45) is 11.7 Å². The van der Waals surface area contributed by atoms with Gasteiger partial charge in [-0.1, -0.05) is 60.6 Å². The number of carbonyl (C=O) groups is 2. The summed E-state index contributed by atoms with van der Waals surface area (Å²) in [5.74, 6) is 0.105. The van der Waals surface area contributed by atoms with Crippen LogP contribution in [0.2, 0.25) is 0 Å². The molecule has 3 unspecified atom stereocenters. The summed E-state index contributed by atoms with van der Waals surface area (Å²) in [4.78, 5) is 27.5. The molecule has 188 valence electrons. The average Bonchev–Trinajstić information content (AvgIpc) is 3.33. The molecule has 0 bridgehead atoms. The minimum atomic E-state index is -0.481. The minimum Gasteiger partial charge on any atom is -0.405 e. The first-order valence-electron chi connectivity index (χ1n) is 12.0. The lowest BCUT2D eigenvalue weighted by molar-refractivity contribution is -0.123. The molecule has 0 spiro atoms. The van der Waals surface area contributed by atoms with Gasteiger partial charge in [0.1, 0.15) is 6.04 Å². The van der Waals surface area contributed by atoms with E-state index in [4.69, 9.17) is 5.73 Å². The summed E-state index contributed by atoms with van der Waals surface area (Å²) in [7, 11) is 2.78. The van der Waals surface area contributed by atoms with E-state index in [1.807, 2.05) is 56.3 Å². The van der Waals surface area contributed by atoms with E-state index in [0.717, 1.165) is 28.7 Å². The van der Waals surface area contributed by atoms with Crippen molar-refractivity contribution in [1.82, 2.24) is 10.2 Å². The molecule has 1 aromatic rings. The molecule has 1 aromatic carbocycles. The van der Waals surface area contributed by atoms with Crippen LogP contribution in [-0.2, 0) is 4.79 Å². The van der Waals surface area contributed by atoms with Gasteiger partial charge in [-0.2, -0.15) is 0 Å². The van der Waals surface area contributed by atoms with Crippen LogP contribution in [0, 0.1) is 12.8 Å². The number of allylic oxidation sites excluding steroid dienone is 8. The number of aryl methyl sites for hydroxylation is 1. The first-order chi connectivity index (χ1) is 16.7. The van der Waals surface area contributed by atoms with Crippen molar-refractivity contribution in [1.29, 1.82) is 0 Å². The molecule has 2 rings (SSSR count). The molecule has 3 atom stereocenters. The second kappa shape index (κ2) is 14.3. The lowest BCUT2D eigenvalue weighted by Crippen LogP contribution is -2.47. The van der Waals surface area contributed by atoms with E-state index in [1.165, 1.54) is 11.8 Å². The molecule has 1 heterocycles. The molecule has 6 nitrogen and oxygen atoms in total.